The molecule has 0 saturated heterocycles. The highest BCUT2D eigenvalue weighted by atomic mass is 16.5. The number of hydrogen-bond acceptors (Lipinski definition) is 4. The fourth-order valence-electron chi connectivity index (χ4n) is 1.65. The number of aryl methyl sites for hydroxylation is 1. The summed E-state index contributed by atoms with van der Waals surface area (Å²) in [6, 6.07) is 5.46. The van der Waals surface area contributed by atoms with Crippen LogP contribution in [0.4, 0.5) is 0 Å². The Balaban J connectivity index is 2.28. The minimum atomic E-state index is 0.0659. The van der Waals surface area contributed by atoms with Crippen LogP contribution in [0.5, 0.6) is 5.75 Å². The molecule has 0 unspecified atom stereocenters. The molecule has 106 valence electrons. The summed E-state index contributed by atoms with van der Waals surface area (Å²) in [7, 11) is 1.68. The summed E-state index contributed by atoms with van der Waals surface area (Å²) in [6.45, 7) is 5.95. The van der Waals surface area contributed by atoms with Gasteiger partial charge in [-0.25, -0.2) is 0 Å². The molecule has 0 saturated carbocycles. The van der Waals surface area contributed by atoms with Crippen molar-refractivity contribution >= 4 is 5.78 Å². The summed E-state index contributed by atoms with van der Waals surface area (Å²) in [4.78, 5) is 11.2. The number of Topliss-reactive ketones (excluding diaryl/α,β-unsaturated/α-hetero) is 1. The van der Waals surface area contributed by atoms with Gasteiger partial charge in [0.05, 0.1) is 6.61 Å². The molecule has 0 atom stereocenters. The second-order valence-electron chi connectivity index (χ2n) is 4.34. The molecule has 0 aliphatic heterocycles. The fourth-order valence-corrected chi connectivity index (χ4v) is 1.65. The number of ketones is 1. The van der Waals surface area contributed by atoms with Gasteiger partial charge in [-0.3, -0.25) is 4.79 Å². The van der Waals surface area contributed by atoms with Crippen LogP contribution in [0.15, 0.2) is 18.2 Å². The fraction of sp³-hybridized carbons (Fsp3) is 0.533. The normalized spacial score (nSPS) is 10.5. The average molecular weight is 266 g/mol. The lowest BCUT2D eigenvalue weighted by atomic mass is 10.1. The van der Waals surface area contributed by atoms with Crippen molar-refractivity contribution in [3.63, 3.8) is 0 Å². The number of ether oxygens (including phenoxy) is 3. The van der Waals surface area contributed by atoms with Crippen LogP contribution >= 0.6 is 0 Å². The number of methoxy groups -OCH3 is 1. The van der Waals surface area contributed by atoms with E-state index in [9.17, 15) is 4.79 Å². The molecule has 0 spiro atoms. The van der Waals surface area contributed by atoms with Crippen molar-refractivity contribution in [2.75, 3.05) is 33.5 Å². The molecule has 0 fully saturated rings. The van der Waals surface area contributed by atoms with Crippen LogP contribution in [0, 0.1) is 6.92 Å². The van der Waals surface area contributed by atoms with Crippen LogP contribution in [0.1, 0.15) is 29.3 Å². The van der Waals surface area contributed by atoms with Gasteiger partial charge in [-0.05, 0) is 44.0 Å². The Hall–Kier alpha value is -1.39. The molecular formula is C15H22O4. The van der Waals surface area contributed by atoms with Gasteiger partial charge in [0, 0.05) is 25.9 Å². The lowest BCUT2D eigenvalue weighted by molar-refractivity contribution is 0.0805. The van der Waals surface area contributed by atoms with E-state index >= 15 is 0 Å². The molecule has 1 rings (SSSR count). The predicted octanol–water partition coefficient (Wildman–Crippen LogP) is 2.63. The molecule has 0 aliphatic rings. The van der Waals surface area contributed by atoms with Crippen molar-refractivity contribution in [2.24, 2.45) is 0 Å². The standard InChI is InChI=1S/C15H22O4/c1-12-11-14(13(2)16)5-6-15(12)19-10-9-18-8-4-7-17-3/h5-6,11H,4,7-10H2,1-3H3. The van der Waals surface area contributed by atoms with Crippen molar-refractivity contribution in [2.45, 2.75) is 20.3 Å². The molecule has 0 amide bonds. The van der Waals surface area contributed by atoms with Gasteiger partial charge >= 0.3 is 0 Å². The highest BCUT2D eigenvalue weighted by Crippen LogP contribution is 2.19. The first-order chi connectivity index (χ1) is 9.15. The van der Waals surface area contributed by atoms with E-state index < -0.39 is 0 Å². The van der Waals surface area contributed by atoms with Gasteiger partial charge in [0.15, 0.2) is 5.78 Å². The molecule has 1 aromatic carbocycles. The maximum Gasteiger partial charge on any atom is 0.159 e. The molecule has 0 N–H and O–H groups in total. The zero-order valence-corrected chi connectivity index (χ0v) is 11.9. The molecule has 0 radical (unpaired) electrons. The number of rotatable bonds is 9. The lowest BCUT2D eigenvalue weighted by Gasteiger charge is -2.10. The molecular weight excluding hydrogens is 244 g/mol. The van der Waals surface area contributed by atoms with Gasteiger partial charge in [-0.1, -0.05) is 0 Å². The Bertz CT molecular complexity index is 401. The SMILES string of the molecule is COCCCOCCOc1ccc(C(C)=O)cc1C. The van der Waals surface area contributed by atoms with Crippen molar-refractivity contribution in [1.29, 1.82) is 0 Å². The van der Waals surface area contributed by atoms with Crippen LogP contribution in [-0.2, 0) is 9.47 Å². The van der Waals surface area contributed by atoms with Crippen LogP contribution < -0.4 is 4.74 Å². The van der Waals surface area contributed by atoms with E-state index in [2.05, 4.69) is 0 Å². The van der Waals surface area contributed by atoms with Gasteiger partial charge in [0.25, 0.3) is 0 Å². The molecule has 0 heterocycles. The molecule has 1 aromatic rings. The van der Waals surface area contributed by atoms with Gasteiger partial charge < -0.3 is 14.2 Å². The van der Waals surface area contributed by atoms with E-state index in [1.54, 1.807) is 20.1 Å². The smallest absolute Gasteiger partial charge is 0.159 e. The summed E-state index contributed by atoms with van der Waals surface area (Å²) < 4.78 is 15.9. The minimum absolute atomic E-state index is 0.0659. The Kier molecular flexibility index (Phi) is 7.15. The third kappa shape index (κ3) is 5.85. The van der Waals surface area contributed by atoms with Crippen molar-refractivity contribution in [3.05, 3.63) is 29.3 Å². The van der Waals surface area contributed by atoms with Crippen LogP contribution in [-0.4, -0.2) is 39.3 Å². The summed E-state index contributed by atoms with van der Waals surface area (Å²) in [6.07, 6.45) is 0.892. The number of carbonyl (C=O) groups excluding carboxylic acids is 1. The van der Waals surface area contributed by atoms with Gasteiger partial charge in [0.2, 0.25) is 0 Å². The highest BCUT2D eigenvalue weighted by molar-refractivity contribution is 5.94. The highest BCUT2D eigenvalue weighted by Gasteiger charge is 2.04. The summed E-state index contributed by atoms with van der Waals surface area (Å²) >= 11 is 0. The van der Waals surface area contributed by atoms with Gasteiger partial charge in [0.1, 0.15) is 12.4 Å². The average Bonchev–Trinajstić information content (AvgIpc) is 2.39. The quantitative estimate of drug-likeness (QED) is 0.509. The third-order valence-corrected chi connectivity index (χ3v) is 2.70. The zero-order chi connectivity index (χ0) is 14.1. The molecule has 4 heteroatoms. The summed E-state index contributed by atoms with van der Waals surface area (Å²) in [5.41, 5.74) is 1.67. The van der Waals surface area contributed by atoms with E-state index in [4.69, 9.17) is 14.2 Å². The van der Waals surface area contributed by atoms with Crippen molar-refractivity contribution in [1.82, 2.24) is 0 Å². The second-order valence-corrected chi connectivity index (χ2v) is 4.34. The van der Waals surface area contributed by atoms with Crippen molar-refractivity contribution in [3.8, 4) is 5.75 Å². The lowest BCUT2D eigenvalue weighted by Crippen LogP contribution is -2.09. The molecule has 19 heavy (non-hydrogen) atoms. The minimum Gasteiger partial charge on any atom is -0.491 e. The third-order valence-electron chi connectivity index (χ3n) is 2.70. The number of hydrogen-bond donors (Lipinski definition) is 0. The van der Waals surface area contributed by atoms with E-state index in [-0.39, 0.29) is 5.78 Å². The topological polar surface area (TPSA) is 44.8 Å². The van der Waals surface area contributed by atoms with Gasteiger partial charge in [-0.2, -0.15) is 0 Å². The van der Waals surface area contributed by atoms with E-state index in [1.807, 2.05) is 19.1 Å². The van der Waals surface area contributed by atoms with E-state index in [0.717, 1.165) is 17.7 Å². The van der Waals surface area contributed by atoms with Crippen molar-refractivity contribution < 1.29 is 19.0 Å². The Labute approximate surface area is 114 Å². The molecule has 0 aromatic heterocycles. The number of benzene rings is 1. The number of carbonyl (C=O) groups is 1. The van der Waals surface area contributed by atoms with Gasteiger partial charge in [-0.15, -0.1) is 0 Å². The van der Waals surface area contributed by atoms with Crippen LogP contribution in [0.25, 0.3) is 0 Å². The predicted molar refractivity (Wildman–Crippen MR) is 74.0 cm³/mol. The maximum absolute atomic E-state index is 11.2. The van der Waals surface area contributed by atoms with Crippen LogP contribution in [0.2, 0.25) is 0 Å². The first kappa shape index (κ1) is 15.7. The summed E-state index contributed by atoms with van der Waals surface area (Å²) in [5, 5.41) is 0. The Morgan fingerprint density at radius 1 is 1.16 bits per heavy atom. The Morgan fingerprint density at radius 3 is 2.58 bits per heavy atom. The first-order valence-electron chi connectivity index (χ1n) is 6.46. The molecule has 0 aliphatic carbocycles. The van der Waals surface area contributed by atoms with E-state index in [1.165, 1.54) is 0 Å². The second kappa shape index (κ2) is 8.67. The Morgan fingerprint density at radius 2 is 1.95 bits per heavy atom. The monoisotopic (exact) mass is 266 g/mol. The molecule has 4 nitrogen and oxygen atoms in total. The zero-order valence-electron chi connectivity index (χ0n) is 11.9. The summed E-state index contributed by atoms with van der Waals surface area (Å²) in [5.74, 6) is 0.863. The largest absolute Gasteiger partial charge is 0.491 e. The first-order valence-corrected chi connectivity index (χ1v) is 6.46. The van der Waals surface area contributed by atoms with E-state index in [0.29, 0.717) is 32.0 Å². The maximum atomic E-state index is 11.2. The molecule has 0 bridgehead atoms. The van der Waals surface area contributed by atoms with Crippen LogP contribution in [0.3, 0.4) is 0 Å².